The number of nitrogens with zero attached hydrogens (tertiary/aromatic N) is 1. The average Bonchev–Trinajstić information content (AvgIpc) is 3.23. The van der Waals surface area contributed by atoms with Crippen molar-refractivity contribution < 1.29 is 23.1 Å². The molecule has 1 fully saturated rings. The number of aromatic nitrogens is 1. The monoisotopic (exact) mass is 506 g/mol. The maximum absolute atomic E-state index is 12.9. The van der Waals surface area contributed by atoms with Gasteiger partial charge in [0.1, 0.15) is 0 Å². The smallest absolute Gasteiger partial charge is 0.256 e. The van der Waals surface area contributed by atoms with Gasteiger partial charge in [0.05, 0.1) is 28.7 Å². The standard InChI is InChI=1S/C23H27ClN4O5S/c1-13-20(10-18-17-9-15(24)3-4-19(17)27-22(18)30)26-14(2)21(13)23(31)25-11-16(29)12-28-5-7-34(32,33)8-6-28/h3-4,9-10,16,26,29H,5-8,11-12H2,1-2H3,(H,25,31)(H,27,30). The lowest BCUT2D eigenvalue weighted by molar-refractivity contribution is -0.110. The first-order chi connectivity index (χ1) is 16.0. The van der Waals surface area contributed by atoms with Crippen LogP contribution < -0.4 is 10.6 Å². The number of amides is 2. The molecule has 1 aromatic heterocycles. The molecule has 2 aliphatic rings. The molecule has 11 heteroatoms. The summed E-state index contributed by atoms with van der Waals surface area (Å²) >= 11 is 6.10. The summed E-state index contributed by atoms with van der Waals surface area (Å²) in [5, 5.41) is 16.4. The number of anilines is 1. The molecule has 0 radical (unpaired) electrons. The summed E-state index contributed by atoms with van der Waals surface area (Å²) < 4.78 is 23.1. The van der Waals surface area contributed by atoms with Crippen LogP contribution in [-0.4, -0.2) is 79.0 Å². The lowest BCUT2D eigenvalue weighted by atomic mass is 10.0. The molecule has 4 N–H and O–H groups in total. The van der Waals surface area contributed by atoms with Crippen molar-refractivity contribution in [2.45, 2.75) is 20.0 Å². The van der Waals surface area contributed by atoms with E-state index in [0.29, 0.717) is 57.5 Å². The molecule has 3 heterocycles. The van der Waals surface area contributed by atoms with Gasteiger partial charge in [0.2, 0.25) is 0 Å². The van der Waals surface area contributed by atoms with Gasteiger partial charge in [0, 0.05) is 53.8 Å². The van der Waals surface area contributed by atoms with Crippen LogP contribution in [0.5, 0.6) is 0 Å². The zero-order valence-corrected chi connectivity index (χ0v) is 20.5. The highest BCUT2D eigenvalue weighted by Gasteiger charge is 2.27. The van der Waals surface area contributed by atoms with Crippen molar-refractivity contribution in [2.75, 3.05) is 43.0 Å². The van der Waals surface area contributed by atoms with E-state index in [2.05, 4.69) is 15.6 Å². The number of hydrogen-bond acceptors (Lipinski definition) is 6. The number of carbonyl (C=O) groups excluding carboxylic acids is 2. The molecule has 1 aromatic carbocycles. The van der Waals surface area contributed by atoms with Crippen molar-refractivity contribution in [1.82, 2.24) is 15.2 Å². The number of fused-ring (bicyclic) bond motifs is 1. The molecular formula is C23H27ClN4O5S. The Morgan fingerprint density at radius 2 is 2.00 bits per heavy atom. The van der Waals surface area contributed by atoms with E-state index in [9.17, 15) is 23.1 Å². The number of rotatable bonds is 6. The fourth-order valence-corrected chi connectivity index (χ4v) is 5.75. The highest BCUT2D eigenvalue weighted by atomic mass is 35.5. The fourth-order valence-electron chi connectivity index (χ4n) is 4.30. The lowest BCUT2D eigenvalue weighted by Gasteiger charge is -2.28. The van der Waals surface area contributed by atoms with Gasteiger partial charge in [-0.3, -0.25) is 14.5 Å². The van der Waals surface area contributed by atoms with Gasteiger partial charge < -0.3 is 20.7 Å². The van der Waals surface area contributed by atoms with E-state index in [4.69, 9.17) is 11.6 Å². The number of hydrogen-bond donors (Lipinski definition) is 4. The van der Waals surface area contributed by atoms with Crippen LogP contribution in [0.3, 0.4) is 0 Å². The highest BCUT2D eigenvalue weighted by Crippen LogP contribution is 2.35. The second-order valence-electron chi connectivity index (χ2n) is 8.68. The first-order valence-corrected chi connectivity index (χ1v) is 13.1. The fraction of sp³-hybridized carbons (Fsp3) is 0.391. The Morgan fingerprint density at radius 1 is 1.29 bits per heavy atom. The number of carbonyl (C=O) groups is 2. The summed E-state index contributed by atoms with van der Waals surface area (Å²) in [6, 6.07) is 5.17. The summed E-state index contributed by atoms with van der Waals surface area (Å²) in [7, 11) is -2.98. The number of aryl methyl sites for hydroxylation is 1. The molecule has 34 heavy (non-hydrogen) atoms. The Kier molecular flexibility index (Phi) is 6.86. The van der Waals surface area contributed by atoms with Gasteiger partial charge in [-0.05, 0) is 43.7 Å². The quantitative estimate of drug-likeness (QED) is 0.440. The molecule has 0 bridgehead atoms. The van der Waals surface area contributed by atoms with Crippen LogP contribution >= 0.6 is 11.6 Å². The molecule has 2 aromatic rings. The number of aliphatic hydroxyl groups excluding tert-OH is 1. The van der Waals surface area contributed by atoms with Gasteiger partial charge in [0.15, 0.2) is 9.84 Å². The SMILES string of the molecule is Cc1[nH]c(C=C2C(=O)Nc3ccc(Cl)cc32)c(C)c1C(=O)NCC(O)CN1CCS(=O)(=O)CC1. The minimum atomic E-state index is -2.98. The van der Waals surface area contributed by atoms with Gasteiger partial charge in [0.25, 0.3) is 11.8 Å². The number of benzene rings is 1. The van der Waals surface area contributed by atoms with Crippen LogP contribution in [0.1, 0.15) is 32.9 Å². The van der Waals surface area contributed by atoms with E-state index in [-0.39, 0.29) is 36.4 Å². The molecule has 1 unspecified atom stereocenters. The maximum atomic E-state index is 12.9. The minimum Gasteiger partial charge on any atom is -0.390 e. The predicted molar refractivity (Wildman–Crippen MR) is 132 cm³/mol. The predicted octanol–water partition coefficient (Wildman–Crippen LogP) is 1.60. The number of nitrogens with one attached hydrogen (secondary N) is 3. The van der Waals surface area contributed by atoms with Crippen LogP contribution in [0.15, 0.2) is 18.2 Å². The van der Waals surface area contributed by atoms with Crippen molar-refractivity contribution in [1.29, 1.82) is 0 Å². The van der Waals surface area contributed by atoms with E-state index in [1.54, 1.807) is 38.1 Å². The van der Waals surface area contributed by atoms with Crippen molar-refractivity contribution in [3.63, 3.8) is 0 Å². The zero-order chi connectivity index (χ0) is 24.6. The third-order valence-corrected chi connectivity index (χ3v) is 8.01. The van der Waals surface area contributed by atoms with Crippen molar-refractivity contribution in [2.24, 2.45) is 0 Å². The molecule has 9 nitrogen and oxygen atoms in total. The number of sulfone groups is 1. The summed E-state index contributed by atoms with van der Waals surface area (Å²) in [4.78, 5) is 30.4. The lowest BCUT2D eigenvalue weighted by Crippen LogP contribution is -2.46. The molecule has 182 valence electrons. The molecule has 0 spiro atoms. The van der Waals surface area contributed by atoms with Crippen LogP contribution in [0.25, 0.3) is 11.6 Å². The Labute approximate surface area is 203 Å². The van der Waals surface area contributed by atoms with Gasteiger partial charge >= 0.3 is 0 Å². The van der Waals surface area contributed by atoms with Crippen LogP contribution in [0.2, 0.25) is 5.02 Å². The van der Waals surface area contributed by atoms with E-state index >= 15 is 0 Å². The molecule has 1 atom stereocenters. The van der Waals surface area contributed by atoms with Gasteiger partial charge in [-0.2, -0.15) is 0 Å². The van der Waals surface area contributed by atoms with E-state index in [1.165, 1.54) is 0 Å². The molecule has 4 rings (SSSR count). The first-order valence-electron chi connectivity index (χ1n) is 11.0. The zero-order valence-electron chi connectivity index (χ0n) is 18.9. The third-order valence-electron chi connectivity index (χ3n) is 6.16. The topological polar surface area (TPSA) is 132 Å². The molecular weight excluding hydrogens is 480 g/mol. The largest absolute Gasteiger partial charge is 0.390 e. The van der Waals surface area contributed by atoms with E-state index < -0.39 is 15.9 Å². The van der Waals surface area contributed by atoms with Gasteiger partial charge in [-0.25, -0.2) is 8.42 Å². The molecule has 2 aliphatic heterocycles. The molecule has 2 amide bonds. The molecule has 0 aliphatic carbocycles. The van der Waals surface area contributed by atoms with Crippen molar-refractivity contribution >= 4 is 50.6 Å². The van der Waals surface area contributed by atoms with E-state index in [0.717, 1.165) is 0 Å². The van der Waals surface area contributed by atoms with Gasteiger partial charge in [-0.15, -0.1) is 0 Å². The summed E-state index contributed by atoms with van der Waals surface area (Å²) in [6.45, 7) is 4.65. The Balaban J connectivity index is 1.44. The number of β-amino-alcohol motifs (C(OH)–C–C–N with tert-alkyl or cyclic N) is 1. The molecule has 1 saturated heterocycles. The normalized spacial score (nSPS) is 19.6. The number of halogens is 1. The van der Waals surface area contributed by atoms with Gasteiger partial charge in [-0.1, -0.05) is 11.6 Å². The minimum absolute atomic E-state index is 0.0385. The highest BCUT2D eigenvalue weighted by molar-refractivity contribution is 7.91. The van der Waals surface area contributed by atoms with Crippen LogP contribution in [0, 0.1) is 13.8 Å². The Hall–Kier alpha value is -2.66. The van der Waals surface area contributed by atoms with Crippen LogP contribution in [-0.2, 0) is 14.6 Å². The summed E-state index contributed by atoms with van der Waals surface area (Å²) in [5.74, 6) is -0.416. The maximum Gasteiger partial charge on any atom is 0.256 e. The second-order valence-corrected chi connectivity index (χ2v) is 11.4. The van der Waals surface area contributed by atoms with Crippen LogP contribution in [0.4, 0.5) is 5.69 Å². The third kappa shape index (κ3) is 5.20. The summed E-state index contributed by atoms with van der Waals surface area (Å²) in [5.41, 5.74) is 4.24. The Bertz CT molecular complexity index is 1270. The van der Waals surface area contributed by atoms with Crippen molar-refractivity contribution in [3.05, 3.63) is 51.3 Å². The number of H-pyrrole nitrogens is 1. The number of aromatic amines is 1. The second kappa shape index (κ2) is 9.53. The summed E-state index contributed by atoms with van der Waals surface area (Å²) in [6.07, 6.45) is 0.880. The average molecular weight is 507 g/mol. The number of aliphatic hydroxyl groups is 1. The Morgan fingerprint density at radius 3 is 2.71 bits per heavy atom. The van der Waals surface area contributed by atoms with E-state index in [1.807, 2.05) is 4.90 Å². The first kappa shape index (κ1) is 24.5. The van der Waals surface area contributed by atoms with Crippen molar-refractivity contribution in [3.8, 4) is 0 Å². The molecule has 0 saturated carbocycles.